The Morgan fingerprint density at radius 1 is 1.25 bits per heavy atom. The van der Waals surface area contributed by atoms with Crippen LogP contribution in [0.1, 0.15) is 58.1 Å². The fraction of sp³-hybridized carbons (Fsp3) is 0.632. The number of nitrogens with two attached hydrogens (primary N) is 1. The van der Waals surface area contributed by atoms with Crippen LogP contribution in [0.3, 0.4) is 0 Å². The number of aliphatic hydroxyl groups is 1. The second-order valence-electron chi connectivity index (χ2n) is 7.45. The average Bonchev–Trinajstić information content (AvgIpc) is 2.45. The minimum absolute atomic E-state index is 0.0142. The lowest BCUT2D eigenvalue weighted by Crippen LogP contribution is -2.40. The van der Waals surface area contributed by atoms with Gasteiger partial charge in [0.1, 0.15) is 5.60 Å². The highest BCUT2D eigenvalue weighted by atomic mass is 16.6. The van der Waals surface area contributed by atoms with Crippen molar-refractivity contribution in [2.24, 2.45) is 5.73 Å². The van der Waals surface area contributed by atoms with E-state index in [0.717, 1.165) is 5.56 Å². The summed E-state index contributed by atoms with van der Waals surface area (Å²) in [5.74, 6) is 0.298. The zero-order valence-electron chi connectivity index (χ0n) is 15.5. The molecule has 4 N–H and O–H groups in total. The smallest absolute Gasteiger partial charge is 0.407 e. The van der Waals surface area contributed by atoms with Gasteiger partial charge in [-0.1, -0.05) is 31.2 Å². The topological polar surface area (TPSA) is 84.6 Å². The zero-order valence-corrected chi connectivity index (χ0v) is 15.5. The molecule has 24 heavy (non-hydrogen) atoms. The van der Waals surface area contributed by atoms with Crippen LogP contribution in [0.25, 0.3) is 0 Å². The molecular formula is C19H32N2O3. The average molecular weight is 336 g/mol. The van der Waals surface area contributed by atoms with Crippen molar-refractivity contribution in [3.8, 4) is 0 Å². The molecule has 0 radical (unpaired) electrons. The second kappa shape index (κ2) is 9.04. The van der Waals surface area contributed by atoms with Crippen molar-refractivity contribution in [1.29, 1.82) is 0 Å². The number of alkyl carbamates (subject to hydrolysis) is 1. The van der Waals surface area contributed by atoms with Crippen molar-refractivity contribution in [1.82, 2.24) is 5.32 Å². The van der Waals surface area contributed by atoms with Gasteiger partial charge in [-0.05, 0) is 57.6 Å². The number of carbonyl (C=O) groups is 1. The van der Waals surface area contributed by atoms with Crippen LogP contribution in [0, 0.1) is 0 Å². The van der Waals surface area contributed by atoms with Crippen LogP contribution in [0.4, 0.5) is 4.79 Å². The van der Waals surface area contributed by atoms with Crippen LogP contribution in [0.15, 0.2) is 24.3 Å². The first-order chi connectivity index (χ1) is 11.1. The highest BCUT2D eigenvalue weighted by molar-refractivity contribution is 5.68. The molecule has 1 aromatic rings. The molecule has 1 amide bonds. The molecule has 0 aromatic heterocycles. The summed E-state index contributed by atoms with van der Waals surface area (Å²) < 4.78 is 5.28. The summed E-state index contributed by atoms with van der Waals surface area (Å²) in [5, 5.41) is 12.1. The van der Waals surface area contributed by atoms with Crippen molar-refractivity contribution in [3.63, 3.8) is 0 Å². The summed E-state index contributed by atoms with van der Waals surface area (Å²) >= 11 is 0. The molecule has 3 atom stereocenters. The maximum absolute atomic E-state index is 11.9. The lowest BCUT2D eigenvalue weighted by Gasteiger charge is -2.23. The first-order valence-electron chi connectivity index (χ1n) is 8.57. The van der Waals surface area contributed by atoms with Gasteiger partial charge in [-0.15, -0.1) is 0 Å². The van der Waals surface area contributed by atoms with Gasteiger partial charge in [0, 0.05) is 18.7 Å². The van der Waals surface area contributed by atoms with Crippen LogP contribution < -0.4 is 11.1 Å². The van der Waals surface area contributed by atoms with Crippen LogP contribution in [-0.2, 0) is 11.2 Å². The van der Waals surface area contributed by atoms with Gasteiger partial charge < -0.3 is 20.9 Å². The number of carbonyl (C=O) groups excluding carboxylic acids is 1. The molecule has 0 aliphatic rings. The fourth-order valence-corrected chi connectivity index (χ4v) is 2.40. The maximum Gasteiger partial charge on any atom is 0.407 e. The van der Waals surface area contributed by atoms with Crippen molar-refractivity contribution >= 4 is 6.09 Å². The maximum atomic E-state index is 11.9. The van der Waals surface area contributed by atoms with Crippen molar-refractivity contribution in [3.05, 3.63) is 35.4 Å². The largest absolute Gasteiger partial charge is 0.444 e. The Balaban J connectivity index is 2.69. The minimum Gasteiger partial charge on any atom is -0.444 e. The molecule has 3 unspecified atom stereocenters. The second-order valence-corrected chi connectivity index (χ2v) is 7.45. The molecular weight excluding hydrogens is 304 g/mol. The van der Waals surface area contributed by atoms with E-state index in [9.17, 15) is 9.90 Å². The normalized spacial score (nSPS) is 15.5. The van der Waals surface area contributed by atoms with E-state index in [4.69, 9.17) is 10.5 Å². The molecule has 0 bridgehead atoms. The standard InChI is InChI=1S/C19H32N2O3/c1-13(14(2)20)16-8-6-15(7-9-16)12-17(10-11-22)21-18(23)24-19(3,4)5/h6-9,13-14,17,22H,10-12,20H2,1-5H3,(H,21,23). The molecule has 0 saturated heterocycles. The number of nitrogens with one attached hydrogen (secondary N) is 1. The third-order valence-corrected chi connectivity index (χ3v) is 3.97. The number of benzene rings is 1. The predicted octanol–water partition coefficient (Wildman–Crippen LogP) is 2.96. The van der Waals surface area contributed by atoms with E-state index in [1.807, 2.05) is 27.7 Å². The van der Waals surface area contributed by atoms with Gasteiger partial charge in [-0.2, -0.15) is 0 Å². The lowest BCUT2D eigenvalue weighted by molar-refractivity contribution is 0.0497. The van der Waals surface area contributed by atoms with Crippen molar-refractivity contribution in [2.45, 2.75) is 71.1 Å². The third kappa shape index (κ3) is 7.32. The summed E-state index contributed by atoms with van der Waals surface area (Å²) in [5.41, 5.74) is 7.71. The summed E-state index contributed by atoms with van der Waals surface area (Å²) in [7, 11) is 0. The van der Waals surface area contributed by atoms with E-state index in [1.165, 1.54) is 5.56 Å². The van der Waals surface area contributed by atoms with E-state index in [2.05, 4.69) is 36.5 Å². The Morgan fingerprint density at radius 2 is 1.83 bits per heavy atom. The Kier molecular flexibility index (Phi) is 7.70. The highest BCUT2D eigenvalue weighted by Crippen LogP contribution is 2.19. The highest BCUT2D eigenvalue weighted by Gasteiger charge is 2.19. The van der Waals surface area contributed by atoms with E-state index in [1.54, 1.807) is 0 Å². The van der Waals surface area contributed by atoms with Gasteiger partial charge >= 0.3 is 6.09 Å². The van der Waals surface area contributed by atoms with Crippen molar-refractivity contribution in [2.75, 3.05) is 6.61 Å². The number of ether oxygens (including phenoxy) is 1. The monoisotopic (exact) mass is 336 g/mol. The van der Waals surface area contributed by atoms with E-state index >= 15 is 0 Å². The molecule has 0 heterocycles. The molecule has 0 aliphatic carbocycles. The molecule has 0 saturated carbocycles. The van der Waals surface area contributed by atoms with Gasteiger partial charge in [-0.3, -0.25) is 0 Å². The Bertz CT molecular complexity index is 506. The van der Waals surface area contributed by atoms with Gasteiger partial charge in [0.05, 0.1) is 0 Å². The summed E-state index contributed by atoms with van der Waals surface area (Å²) in [6.07, 6.45) is 0.673. The fourth-order valence-electron chi connectivity index (χ4n) is 2.40. The Hall–Kier alpha value is -1.59. The Labute approximate surface area is 145 Å². The van der Waals surface area contributed by atoms with Crippen molar-refractivity contribution < 1.29 is 14.6 Å². The number of aliphatic hydroxyl groups excluding tert-OH is 1. The molecule has 5 heteroatoms. The third-order valence-electron chi connectivity index (χ3n) is 3.97. The summed E-state index contributed by atoms with van der Waals surface area (Å²) in [4.78, 5) is 11.9. The predicted molar refractivity (Wildman–Crippen MR) is 97.1 cm³/mol. The molecule has 1 aromatic carbocycles. The number of rotatable bonds is 7. The molecule has 136 valence electrons. The van der Waals surface area contributed by atoms with Gasteiger partial charge in [-0.25, -0.2) is 4.79 Å². The number of hydrogen-bond donors (Lipinski definition) is 3. The number of amides is 1. The van der Waals surface area contributed by atoms with Gasteiger partial charge in [0.25, 0.3) is 0 Å². The first-order valence-corrected chi connectivity index (χ1v) is 8.57. The molecule has 1 rings (SSSR count). The summed E-state index contributed by atoms with van der Waals surface area (Å²) in [6, 6.07) is 8.19. The number of hydrogen-bond acceptors (Lipinski definition) is 4. The van der Waals surface area contributed by atoms with E-state index < -0.39 is 11.7 Å². The molecule has 0 fully saturated rings. The quantitative estimate of drug-likeness (QED) is 0.715. The van der Waals surface area contributed by atoms with Crippen LogP contribution in [0.5, 0.6) is 0 Å². The van der Waals surface area contributed by atoms with Gasteiger partial charge in [0.2, 0.25) is 0 Å². The van der Waals surface area contributed by atoms with Crippen LogP contribution in [0.2, 0.25) is 0 Å². The van der Waals surface area contributed by atoms with Gasteiger partial charge in [0.15, 0.2) is 0 Å². The van der Waals surface area contributed by atoms with E-state index in [0.29, 0.717) is 18.8 Å². The zero-order chi connectivity index (χ0) is 18.3. The Morgan fingerprint density at radius 3 is 2.29 bits per heavy atom. The molecule has 0 spiro atoms. The SMILES string of the molecule is CC(N)C(C)c1ccc(CC(CCO)NC(=O)OC(C)(C)C)cc1. The lowest BCUT2D eigenvalue weighted by atomic mass is 9.93. The summed E-state index contributed by atoms with van der Waals surface area (Å²) in [6.45, 7) is 9.60. The van der Waals surface area contributed by atoms with E-state index in [-0.39, 0.29) is 18.7 Å². The first kappa shape index (κ1) is 20.5. The minimum atomic E-state index is -0.537. The van der Waals surface area contributed by atoms with Crippen LogP contribution in [-0.4, -0.2) is 35.5 Å². The molecule has 5 nitrogen and oxygen atoms in total. The van der Waals surface area contributed by atoms with Crippen LogP contribution >= 0.6 is 0 Å². The molecule has 0 aliphatic heterocycles.